The van der Waals surface area contributed by atoms with Gasteiger partial charge in [0.1, 0.15) is 25.6 Å². The van der Waals surface area contributed by atoms with Gasteiger partial charge in [-0.2, -0.15) is 0 Å². The molecule has 2 amide bonds. The monoisotopic (exact) mass is 410 g/mol. The van der Waals surface area contributed by atoms with Crippen molar-refractivity contribution < 1.29 is 23.8 Å². The number of hydrogen-bond donors (Lipinski definition) is 1. The van der Waals surface area contributed by atoms with Gasteiger partial charge < -0.3 is 24.4 Å². The number of hydrogen-bond acceptors (Lipinski definition) is 5. The summed E-state index contributed by atoms with van der Waals surface area (Å²) in [6.07, 6.45) is 0.277. The first kappa shape index (κ1) is 20.1. The molecule has 0 radical (unpaired) electrons. The zero-order valence-electron chi connectivity index (χ0n) is 17.3. The van der Waals surface area contributed by atoms with Gasteiger partial charge in [0.15, 0.2) is 11.5 Å². The Morgan fingerprint density at radius 3 is 2.53 bits per heavy atom. The van der Waals surface area contributed by atoms with E-state index < -0.39 is 0 Å². The van der Waals surface area contributed by atoms with Crippen LogP contribution in [0, 0.1) is 6.92 Å². The van der Waals surface area contributed by atoms with E-state index in [-0.39, 0.29) is 30.7 Å². The van der Waals surface area contributed by atoms with Gasteiger partial charge in [0, 0.05) is 12.8 Å². The molecule has 0 fully saturated rings. The summed E-state index contributed by atoms with van der Waals surface area (Å²) in [6, 6.07) is 11.2. The molecular weight excluding hydrogens is 384 g/mol. The number of nitrogens with zero attached hydrogens (tertiary/aromatic N) is 1. The predicted octanol–water partition coefficient (Wildman–Crippen LogP) is 3.15. The Morgan fingerprint density at radius 2 is 1.70 bits per heavy atom. The van der Waals surface area contributed by atoms with Crippen LogP contribution in [-0.4, -0.2) is 38.2 Å². The molecule has 2 aliphatic heterocycles. The van der Waals surface area contributed by atoms with Crippen LogP contribution in [0.4, 0.5) is 5.69 Å². The van der Waals surface area contributed by atoms with Crippen molar-refractivity contribution in [2.45, 2.75) is 32.7 Å². The van der Waals surface area contributed by atoms with Gasteiger partial charge in [-0.3, -0.25) is 9.59 Å². The lowest BCUT2D eigenvalue weighted by molar-refractivity contribution is -0.125. The molecule has 0 aliphatic carbocycles. The highest BCUT2D eigenvalue weighted by atomic mass is 16.6. The van der Waals surface area contributed by atoms with Crippen LogP contribution in [0.15, 0.2) is 36.4 Å². The maximum Gasteiger partial charge on any atom is 0.227 e. The molecule has 158 valence electrons. The Kier molecular flexibility index (Phi) is 5.79. The summed E-state index contributed by atoms with van der Waals surface area (Å²) < 4.78 is 16.8. The maximum atomic E-state index is 12.8. The predicted molar refractivity (Wildman–Crippen MR) is 112 cm³/mol. The van der Waals surface area contributed by atoms with E-state index in [1.807, 2.05) is 50.2 Å². The first-order chi connectivity index (χ1) is 14.5. The zero-order valence-corrected chi connectivity index (χ0v) is 17.3. The molecule has 4 rings (SSSR count). The fourth-order valence-electron chi connectivity index (χ4n) is 3.67. The smallest absolute Gasteiger partial charge is 0.227 e. The van der Waals surface area contributed by atoms with E-state index in [0.29, 0.717) is 37.9 Å². The molecule has 0 saturated heterocycles. The number of rotatable bonds is 5. The summed E-state index contributed by atoms with van der Waals surface area (Å²) >= 11 is 0. The topological polar surface area (TPSA) is 77.1 Å². The summed E-state index contributed by atoms with van der Waals surface area (Å²) in [5, 5.41) is 2.96. The molecular formula is C23H26N2O5. The van der Waals surface area contributed by atoms with Crippen LogP contribution in [0.2, 0.25) is 0 Å². The van der Waals surface area contributed by atoms with Crippen LogP contribution in [-0.2, 0) is 9.59 Å². The van der Waals surface area contributed by atoms with Crippen molar-refractivity contribution in [3.05, 3.63) is 47.5 Å². The summed E-state index contributed by atoms with van der Waals surface area (Å²) in [5.74, 6) is 1.87. The van der Waals surface area contributed by atoms with E-state index in [1.165, 1.54) is 0 Å². The van der Waals surface area contributed by atoms with Crippen molar-refractivity contribution >= 4 is 17.5 Å². The Balaban J connectivity index is 1.33. The van der Waals surface area contributed by atoms with Crippen LogP contribution >= 0.6 is 0 Å². The van der Waals surface area contributed by atoms with E-state index in [1.54, 1.807) is 4.90 Å². The Labute approximate surface area is 175 Å². The largest absolute Gasteiger partial charge is 0.490 e. The number of amides is 2. The lowest BCUT2D eigenvalue weighted by atomic mass is 10.1. The van der Waals surface area contributed by atoms with Crippen LogP contribution in [0.25, 0.3) is 0 Å². The maximum absolute atomic E-state index is 12.8. The summed E-state index contributed by atoms with van der Waals surface area (Å²) in [5.41, 5.74) is 2.76. The van der Waals surface area contributed by atoms with E-state index in [4.69, 9.17) is 14.2 Å². The molecule has 0 spiro atoms. The number of fused-ring (bicyclic) bond motifs is 2. The van der Waals surface area contributed by atoms with Crippen LogP contribution in [0.1, 0.15) is 36.9 Å². The van der Waals surface area contributed by atoms with Gasteiger partial charge in [-0.05, 0) is 49.2 Å². The molecule has 2 heterocycles. The minimum absolute atomic E-state index is 0.0766. The third-order valence-electron chi connectivity index (χ3n) is 5.29. The van der Waals surface area contributed by atoms with E-state index in [0.717, 1.165) is 22.6 Å². The molecule has 0 bridgehead atoms. The van der Waals surface area contributed by atoms with E-state index in [2.05, 4.69) is 5.32 Å². The van der Waals surface area contributed by atoms with Gasteiger partial charge in [-0.1, -0.05) is 12.1 Å². The Bertz CT molecular complexity index is 959. The van der Waals surface area contributed by atoms with Crippen molar-refractivity contribution in [2.24, 2.45) is 0 Å². The second-order valence-corrected chi connectivity index (χ2v) is 7.56. The summed E-state index contributed by atoms with van der Waals surface area (Å²) in [4.78, 5) is 26.9. The number of aryl methyl sites for hydroxylation is 1. The first-order valence-electron chi connectivity index (χ1n) is 10.2. The molecule has 1 N–H and O–H groups in total. The van der Waals surface area contributed by atoms with Gasteiger partial charge >= 0.3 is 0 Å². The number of nitrogens with one attached hydrogen (secondary N) is 1. The fraction of sp³-hybridized carbons (Fsp3) is 0.391. The minimum atomic E-state index is -0.199. The highest BCUT2D eigenvalue weighted by molar-refractivity contribution is 5.97. The fourth-order valence-corrected chi connectivity index (χ4v) is 3.67. The molecule has 0 saturated carbocycles. The molecule has 2 aliphatic rings. The number of anilines is 1. The Morgan fingerprint density at radius 1 is 0.967 bits per heavy atom. The standard InChI is InChI=1S/C23H26N2O5/c1-15-3-5-19-18(13-15)25(9-10-28-19)23(27)8-7-22(26)24-16(2)17-4-6-20-21(14-17)30-12-11-29-20/h3-6,13-14,16H,7-12H2,1-2H3,(H,24,26). The van der Waals surface area contributed by atoms with E-state index in [9.17, 15) is 9.59 Å². The average Bonchev–Trinajstić information content (AvgIpc) is 2.76. The molecule has 1 atom stereocenters. The van der Waals surface area contributed by atoms with Crippen molar-refractivity contribution in [1.82, 2.24) is 5.32 Å². The van der Waals surface area contributed by atoms with Crippen molar-refractivity contribution in [3.8, 4) is 17.2 Å². The third-order valence-corrected chi connectivity index (χ3v) is 5.29. The summed E-state index contributed by atoms with van der Waals surface area (Å²) in [7, 11) is 0. The van der Waals surface area contributed by atoms with Gasteiger partial charge in [0.05, 0.1) is 18.3 Å². The Hall–Kier alpha value is -3.22. The van der Waals surface area contributed by atoms with Crippen LogP contribution in [0.5, 0.6) is 17.2 Å². The van der Waals surface area contributed by atoms with Crippen LogP contribution < -0.4 is 24.4 Å². The zero-order chi connectivity index (χ0) is 21.1. The molecule has 2 aromatic carbocycles. The highest BCUT2D eigenvalue weighted by Gasteiger charge is 2.24. The first-order valence-corrected chi connectivity index (χ1v) is 10.2. The molecule has 0 aromatic heterocycles. The molecule has 7 heteroatoms. The van der Waals surface area contributed by atoms with Crippen LogP contribution in [0.3, 0.4) is 0 Å². The molecule has 2 aromatic rings. The lowest BCUT2D eigenvalue weighted by Crippen LogP contribution is -2.38. The lowest BCUT2D eigenvalue weighted by Gasteiger charge is -2.30. The molecule has 30 heavy (non-hydrogen) atoms. The highest BCUT2D eigenvalue weighted by Crippen LogP contribution is 2.34. The van der Waals surface area contributed by atoms with Gasteiger partial charge in [-0.15, -0.1) is 0 Å². The number of ether oxygens (including phenoxy) is 3. The SMILES string of the molecule is Cc1ccc2c(c1)N(C(=O)CCC(=O)NC(C)c1ccc3c(c1)OCCO3)CCO2. The molecule has 1 unspecified atom stereocenters. The number of carbonyl (C=O) groups is 2. The normalized spacial score (nSPS) is 15.6. The van der Waals surface area contributed by atoms with Gasteiger partial charge in [0.25, 0.3) is 0 Å². The number of benzene rings is 2. The second-order valence-electron chi connectivity index (χ2n) is 7.56. The van der Waals surface area contributed by atoms with Crippen molar-refractivity contribution in [2.75, 3.05) is 31.3 Å². The van der Waals surface area contributed by atoms with Crippen molar-refractivity contribution in [3.63, 3.8) is 0 Å². The van der Waals surface area contributed by atoms with Gasteiger partial charge in [0.2, 0.25) is 11.8 Å². The average molecular weight is 410 g/mol. The van der Waals surface area contributed by atoms with E-state index >= 15 is 0 Å². The van der Waals surface area contributed by atoms with Crippen molar-refractivity contribution in [1.29, 1.82) is 0 Å². The van der Waals surface area contributed by atoms with Gasteiger partial charge in [-0.25, -0.2) is 0 Å². The quantitative estimate of drug-likeness (QED) is 0.819. The minimum Gasteiger partial charge on any atom is -0.490 e. The third kappa shape index (κ3) is 4.35. The summed E-state index contributed by atoms with van der Waals surface area (Å²) in [6.45, 7) is 5.89. The second kappa shape index (κ2) is 8.65. The molecule has 7 nitrogen and oxygen atoms in total. The number of carbonyl (C=O) groups excluding carboxylic acids is 2.